The summed E-state index contributed by atoms with van der Waals surface area (Å²) >= 11 is 0. The van der Waals surface area contributed by atoms with E-state index in [0.29, 0.717) is 6.10 Å². The molecule has 100 valence electrons. The first kappa shape index (κ1) is 13.4. The Bertz CT molecular complexity index is 158. The fraction of sp³-hybridized carbons (Fsp3) is 1.00. The minimum atomic E-state index is 0.610. The fourth-order valence-corrected chi connectivity index (χ4v) is 3.49. The summed E-state index contributed by atoms with van der Waals surface area (Å²) in [5.74, 6) is 1.05. The van der Waals surface area contributed by atoms with Crippen molar-refractivity contribution in [2.75, 3.05) is 6.61 Å². The molecule has 2 aliphatic rings. The predicted octanol–water partition coefficient (Wildman–Crippen LogP) is 5.09. The lowest BCUT2D eigenvalue weighted by Gasteiger charge is -2.23. The second kappa shape index (κ2) is 8.13. The first-order chi connectivity index (χ1) is 8.45. The number of ether oxygens (including phenoxy) is 1. The highest BCUT2D eigenvalue weighted by Gasteiger charge is 2.14. The van der Waals surface area contributed by atoms with Crippen molar-refractivity contribution in [2.24, 2.45) is 5.92 Å². The average Bonchev–Trinajstić information content (AvgIpc) is 2.41. The van der Waals surface area contributed by atoms with E-state index in [1.54, 1.807) is 0 Å². The zero-order valence-corrected chi connectivity index (χ0v) is 11.5. The molecule has 0 radical (unpaired) electrons. The van der Waals surface area contributed by atoms with E-state index in [4.69, 9.17) is 4.74 Å². The molecular weight excluding hydrogens is 208 g/mol. The maximum Gasteiger partial charge on any atom is 0.0575 e. The number of hydrogen-bond donors (Lipinski definition) is 0. The van der Waals surface area contributed by atoms with Crippen LogP contribution in [0.3, 0.4) is 0 Å². The maximum absolute atomic E-state index is 5.97. The SMILES string of the molecule is C1CCC(CCCCOC2CCCCC2)CC1. The highest BCUT2D eigenvalue weighted by atomic mass is 16.5. The summed E-state index contributed by atoms with van der Waals surface area (Å²) in [7, 11) is 0. The Kier molecular flexibility index (Phi) is 6.41. The van der Waals surface area contributed by atoms with Gasteiger partial charge in [0.2, 0.25) is 0 Å². The Morgan fingerprint density at radius 3 is 2.06 bits per heavy atom. The summed E-state index contributed by atoms with van der Waals surface area (Å²) in [5.41, 5.74) is 0. The molecular formula is C16H30O. The second-order valence-corrected chi connectivity index (χ2v) is 6.13. The van der Waals surface area contributed by atoms with E-state index in [2.05, 4.69) is 0 Å². The van der Waals surface area contributed by atoms with Gasteiger partial charge in [-0.2, -0.15) is 0 Å². The van der Waals surface area contributed by atoms with Crippen molar-refractivity contribution < 1.29 is 4.74 Å². The molecule has 1 nitrogen and oxygen atoms in total. The maximum atomic E-state index is 5.97. The second-order valence-electron chi connectivity index (χ2n) is 6.13. The van der Waals surface area contributed by atoms with E-state index in [0.717, 1.165) is 12.5 Å². The van der Waals surface area contributed by atoms with Gasteiger partial charge in [0.25, 0.3) is 0 Å². The summed E-state index contributed by atoms with van der Waals surface area (Å²) in [6.45, 7) is 1.03. The zero-order valence-electron chi connectivity index (χ0n) is 11.5. The van der Waals surface area contributed by atoms with E-state index in [-0.39, 0.29) is 0 Å². The van der Waals surface area contributed by atoms with Crippen molar-refractivity contribution in [1.29, 1.82) is 0 Å². The molecule has 0 amide bonds. The van der Waals surface area contributed by atoms with E-state index in [9.17, 15) is 0 Å². The molecule has 0 saturated heterocycles. The molecule has 0 bridgehead atoms. The minimum absolute atomic E-state index is 0.610. The van der Waals surface area contributed by atoms with Crippen LogP contribution in [-0.4, -0.2) is 12.7 Å². The molecule has 0 aromatic heterocycles. The van der Waals surface area contributed by atoms with Crippen LogP contribution in [0.25, 0.3) is 0 Å². The van der Waals surface area contributed by atoms with Crippen LogP contribution in [0, 0.1) is 5.92 Å². The van der Waals surface area contributed by atoms with Gasteiger partial charge < -0.3 is 4.74 Å². The average molecular weight is 238 g/mol. The lowest BCUT2D eigenvalue weighted by Crippen LogP contribution is -2.17. The third-order valence-corrected chi connectivity index (χ3v) is 4.64. The van der Waals surface area contributed by atoms with Gasteiger partial charge in [-0.05, 0) is 25.2 Å². The van der Waals surface area contributed by atoms with Crippen LogP contribution in [0.5, 0.6) is 0 Å². The lowest BCUT2D eigenvalue weighted by atomic mass is 9.86. The van der Waals surface area contributed by atoms with E-state index < -0.39 is 0 Å². The van der Waals surface area contributed by atoms with Crippen LogP contribution in [0.1, 0.15) is 83.5 Å². The van der Waals surface area contributed by atoms with Gasteiger partial charge >= 0.3 is 0 Å². The van der Waals surface area contributed by atoms with Gasteiger partial charge in [0.05, 0.1) is 6.10 Å². The molecule has 0 spiro atoms. The highest BCUT2D eigenvalue weighted by Crippen LogP contribution is 2.27. The largest absolute Gasteiger partial charge is 0.378 e. The van der Waals surface area contributed by atoms with Gasteiger partial charge in [0, 0.05) is 6.61 Å². The smallest absolute Gasteiger partial charge is 0.0575 e. The fourth-order valence-electron chi connectivity index (χ4n) is 3.49. The van der Waals surface area contributed by atoms with Gasteiger partial charge in [0.1, 0.15) is 0 Å². The Hall–Kier alpha value is -0.0400. The number of rotatable bonds is 6. The quantitative estimate of drug-likeness (QED) is 0.586. The summed E-state index contributed by atoms with van der Waals surface area (Å²) in [5, 5.41) is 0. The molecule has 1 heteroatoms. The normalized spacial score (nSPS) is 24.0. The number of hydrogen-bond acceptors (Lipinski definition) is 1. The van der Waals surface area contributed by atoms with Gasteiger partial charge in [-0.15, -0.1) is 0 Å². The van der Waals surface area contributed by atoms with Crippen molar-refractivity contribution in [1.82, 2.24) is 0 Å². The molecule has 0 unspecified atom stereocenters. The van der Waals surface area contributed by atoms with Gasteiger partial charge in [-0.25, -0.2) is 0 Å². The zero-order chi connectivity index (χ0) is 11.8. The molecule has 0 aromatic carbocycles. The van der Waals surface area contributed by atoms with Crippen LogP contribution in [0.4, 0.5) is 0 Å². The van der Waals surface area contributed by atoms with Crippen LogP contribution in [0.2, 0.25) is 0 Å². The van der Waals surface area contributed by atoms with Crippen molar-refractivity contribution in [3.63, 3.8) is 0 Å². The lowest BCUT2D eigenvalue weighted by molar-refractivity contribution is 0.0258. The molecule has 0 aromatic rings. The summed E-state index contributed by atoms with van der Waals surface area (Å²) in [6, 6.07) is 0. The van der Waals surface area contributed by atoms with Gasteiger partial charge in [-0.3, -0.25) is 0 Å². The molecule has 2 saturated carbocycles. The summed E-state index contributed by atoms with van der Waals surface area (Å²) in [4.78, 5) is 0. The Labute approximate surface area is 107 Å². The van der Waals surface area contributed by atoms with Crippen molar-refractivity contribution in [2.45, 2.75) is 89.6 Å². The van der Waals surface area contributed by atoms with Crippen LogP contribution < -0.4 is 0 Å². The standard InChI is InChI=1S/C16H30O/c1-3-9-15(10-4-1)11-7-8-14-17-16-12-5-2-6-13-16/h15-16H,1-14H2. The minimum Gasteiger partial charge on any atom is -0.378 e. The number of unbranched alkanes of at least 4 members (excludes halogenated alkanes) is 1. The van der Waals surface area contributed by atoms with Gasteiger partial charge in [-0.1, -0.05) is 64.2 Å². The van der Waals surface area contributed by atoms with Crippen molar-refractivity contribution >= 4 is 0 Å². The van der Waals surface area contributed by atoms with Crippen LogP contribution in [-0.2, 0) is 4.74 Å². The highest BCUT2D eigenvalue weighted by molar-refractivity contribution is 4.67. The molecule has 0 N–H and O–H groups in total. The van der Waals surface area contributed by atoms with Crippen LogP contribution >= 0.6 is 0 Å². The Balaban J connectivity index is 1.42. The first-order valence-electron chi connectivity index (χ1n) is 8.07. The third kappa shape index (κ3) is 5.42. The third-order valence-electron chi connectivity index (χ3n) is 4.64. The van der Waals surface area contributed by atoms with E-state index in [1.807, 2.05) is 0 Å². The summed E-state index contributed by atoms with van der Waals surface area (Å²) in [6.07, 6.45) is 19.1. The Morgan fingerprint density at radius 1 is 0.706 bits per heavy atom. The molecule has 0 heterocycles. The van der Waals surface area contributed by atoms with Gasteiger partial charge in [0.15, 0.2) is 0 Å². The molecule has 0 atom stereocenters. The van der Waals surface area contributed by atoms with E-state index >= 15 is 0 Å². The molecule has 2 aliphatic carbocycles. The van der Waals surface area contributed by atoms with Crippen molar-refractivity contribution in [3.8, 4) is 0 Å². The topological polar surface area (TPSA) is 9.23 Å². The predicted molar refractivity (Wildman–Crippen MR) is 73.3 cm³/mol. The van der Waals surface area contributed by atoms with Crippen molar-refractivity contribution in [3.05, 3.63) is 0 Å². The molecule has 0 aliphatic heterocycles. The van der Waals surface area contributed by atoms with Crippen LogP contribution in [0.15, 0.2) is 0 Å². The molecule has 2 fully saturated rings. The Morgan fingerprint density at radius 2 is 1.35 bits per heavy atom. The first-order valence-corrected chi connectivity index (χ1v) is 8.07. The summed E-state index contributed by atoms with van der Waals surface area (Å²) < 4.78 is 5.97. The van der Waals surface area contributed by atoms with E-state index in [1.165, 1.54) is 83.5 Å². The molecule has 17 heavy (non-hydrogen) atoms. The monoisotopic (exact) mass is 238 g/mol. The molecule has 2 rings (SSSR count).